The monoisotopic (exact) mass is 413 g/mol. The number of carbonyl (C=O) groups is 2. The molecule has 0 spiro atoms. The van der Waals surface area contributed by atoms with Gasteiger partial charge in [0.15, 0.2) is 23.8 Å². The van der Waals surface area contributed by atoms with Crippen molar-refractivity contribution in [2.45, 2.75) is 13.8 Å². The minimum atomic E-state index is -0.644. The van der Waals surface area contributed by atoms with Crippen molar-refractivity contribution in [1.82, 2.24) is 0 Å². The molecule has 0 fully saturated rings. The highest BCUT2D eigenvalue weighted by atomic mass is 19.1. The van der Waals surface area contributed by atoms with Crippen LogP contribution in [0.25, 0.3) is 6.08 Å². The maximum absolute atomic E-state index is 13.4. The van der Waals surface area contributed by atoms with E-state index in [1.165, 1.54) is 24.3 Å². The molecule has 0 atom stereocenters. The first-order valence-corrected chi connectivity index (χ1v) is 9.34. The molecule has 1 aliphatic rings. The quantitative estimate of drug-likeness (QED) is 0.487. The van der Waals surface area contributed by atoms with Crippen molar-refractivity contribution < 1.29 is 32.9 Å². The molecule has 0 bridgehead atoms. The van der Waals surface area contributed by atoms with Crippen LogP contribution in [0.15, 0.2) is 53.2 Å². The van der Waals surface area contributed by atoms with Crippen molar-refractivity contribution in [2.75, 3.05) is 19.8 Å². The fourth-order valence-corrected chi connectivity index (χ4v) is 2.65. The number of hydrogen-bond donors (Lipinski definition) is 0. The van der Waals surface area contributed by atoms with Gasteiger partial charge in [-0.15, -0.1) is 0 Å². The van der Waals surface area contributed by atoms with Crippen molar-refractivity contribution in [1.29, 1.82) is 0 Å². The van der Waals surface area contributed by atoms with E-state index in [-0.39, 0.29) is 24.8 Å². The van der Waals surface area contributed by atoms with Gasteiger partial charge in [-0.25, -0.2) is 19.0 Å². The van der Waals surface area contributed by atoms with Crippen LogP contribution in [-0.4, -0.2) is 37.7 Å². The van der Waals surface area contributed by atoms with E-state index in [1.54, 1.807) is 31.2 Å². The zero-order valence-electron chi connectivity index (χ0n) is 16.5. The van der Waals surface area contributed by atoms with E-state index in [2.05, 4.69) is 4.99 Å². The number of rotatable bonds is 8. The number of halogens is 1. The van der Waals surface area contributed by atoms with Crippen molar-refractivity contribution >= 4 is 23.9 Å². The van der Waals surface area contributed by atoms with Gasteiger partial charge in [0.25, 0.3) is 0 Å². The second-order valence-corrected chi connectivity index (χ2v) is 6.08. The highest BCUT2D eigenvalue weighted by Gasteiger charge is 2.24. The van der Waals surface area contributed by atoms with Crippen LogP contribution in [-0.2, 0) is 19.1 Å². The lowest BCUT2D eigenvalue weighted by Gasteiger charge is -2.12. The van der Waals surface area contributed by atoms with Gasteiger partial charge < -0.3 is 18.9 Å². The smallest absolute Gasteiger partial charge is 0.363 e. The number of aliphatic imine (C=N–C) groups is 1. The Bertz CT molecular complexity index is 1010. The van der Waals surface area contributed by atoms with Crippen LogP contribution in [0.1, 0.15) is 25.0 Å². The summed E-state index contributed by atoms with van der Waals surface area (Å²) in [5, 5.41) is 0. The van der Waals surface area contributed by atoms with Crippen LogP contribution in [0.3, 0.4) is 0 Å². The summed E-state index contributed by atoms with van der Waals surface area (Å²) in [5.74, 6) is -0.788. The zero-order valence-corrected chi connectivity index (χ0v) is 16.5. The molecule has 8 heteroatoms. The van der Waals surface area contributed by atoms with E-state index in [1.807, 2.05) is 6.92 Å². The fraction of sp³-hybridized carbons (Fsp3) is 0.227. The fourth-order valence-electron chi connectivity index (χ4n) is 2.65. The van der Waals surface area contributed by atoms with Crippen LogP contribution in [0.5, 0.6) is 11.5 Å². The summed E-state index contributed by atoms with van der Waals surface area (Å²) in [6, 6.07) is 10.6. The summed E-state index contributed by atoms with van der Waals surface area (Å²) >= 11 is 0. The summed E-state index contributed by atoms with van der Waals surface area (Å²) < 4.78 is 34.4. The summed E-state index contributed by atoms with van der Waals surface area (Å²) in [5.41, 5.74) is 1.04. The zero-order chi connectivity index (χ0) is 21.5. The molecule has 0 amide bonds. The van der Waals surface area contributed by atoms with Gasteiger partial charge in [0, 0.05) is 5.56 Å². The topological polar surface area (TPSA) is 83.4 Å². The van der Waals surface area contributed by atoms with Gasteiger partial charge in [-0.3, -0.25) is 0 Å². The molecule has 1 aliphatic heterocycles. The third-order valence-electron chi connectivity index (χ3n) is 3.91. The minimum absolute atomic E-state index is 0.0326. The van der Waals surface area contributed by atoms with Gasteiger partial charge in [-0.05, 0) is 55.8 Å². The number of ether oxygens (including phenoxy) is 4. The molecule has 7 nitrogen and oxygen atoms in total. The van der Waals surface area contributed by atoms with Crippen molar-refractivity contribution in [3.63, 3.8) is 0 Å². The number of esters is 2. The Morgan fingerprint density at radius 2 is 1.93 bits per heavy atom. The SMILES string of the molecule is CCOC(=O)COc1ccc(/C=C2\N=C(c3cccc(F)c3)OC2=O)cc1OCC. The number of benzene rings is 2. The van der Waals surface area contributed by atoms with E-state index >= 15 is 0 Å². The molecule has 0 aromatic heterocycles. The average Bonchev–Trinajstić information content (AvgIpc) is 3.08. The number of carbonyl (C=O) groups excluding carboxylic acids is 2. The molecule has 0 radical (unpaired) electrons. The first kappa shape index (κ1) is 21.0. The first-order valence-electron chi connectivity index (χ1n) is 9.34. The Kier molecular flexibility index (Phi) is 6.79. The van der Waals surface area contributed by atoms with Crippen molar-refractivity contribution in [3.05, 3.63) is 65.1 Å². The second-order valence-electron chi connectivity index (χ2n) is 6.08. The normalized spacial score (nSPS) is 14.3. The van der Waals surface area contributed by atoms with Gasteiger partial charge in [-0.1, -0.05) is 12.1 Å². The van der Waals surface area contributed by atoms with E-state index in [4.69, 9.17) is 18.9 Å². The summed E-state index contributed by atoms with van der Waals surface area (Å²) in [6.07, 6.45) is 1.52. The van der Waals surface area contributed by atoms with E-state index in [9.17, 15) is 14.0 Å². The summed E-state index contributed by atoms with van der Waals surface area (Å²) in [6.45, 7) is 3.91. The van der Waals surface area contributed by atoms with E-state index < -0.39 is 17.8 Å². The Labute approximate surface area is 172 Å². The van der Waals surface area contributed by atoms with Crippen molar-refractivity contribution in [2.24, 2.45) is 4.99 Å². The largest absolute Gasteiger partial charge is 0.490 e. The third kappa shape index (κ3) is 5.22. The molecule has 0 saturated carbocycles. The molecule has 0 unspecified atom stereocenters. The molecule has 2 aromatic carbocycles. The summed E-state index contributed by atoms with van der Waals surface area (Å²) in [7, 11) is 0. The van der Waals surface area contributed by atoms with Gasteiger partial charge in [-0.2, -0.15) is 0 Å². The highest BCUT2D eigenvalue weighted by Crippen LogP contribution is 2.30. The molecular formula is C22H20FNO6. The molecule has 1 heterocycles. The number of hydrogen-bond acceptors (Lipinski definition) is 7. The second kappa shape index (κ2) is 9.69. The molecule has 0 N–H and O–H groups in total. The standard InChI is InChI=1S/C22H20FNO6/c1-3-27-19-11-14(8-9-18(19)29-13-20(25)28-4-2)10-17-22(26)30-21(24-17)15-6-5-7-16(23)12-15/h5-12H,3-4,13H2,1-2H3/b17-10-. The van der Waals surface area contributed by atoms with Gasteiger partial charge >= 0.3 is 11.9 Å². The van der Waals surface area contributed by atoms with Crippen LogP contribution in [0.4, 0.5) is 4.39 Å². The number of nitrogens with zero attached hydrogens (tertiary/aromatic N) is 1. The molecule has 156 valence electrons. The molecule has 3 rings (SSSR count). The number of cyclic esters (lactones) is 1. The maximum Gasteiger partial charge on any atom is 0.363 e. The highest BCUT2D eigenvalue weighted by molar-refractivity contribution is 6.12. The third-order valence-corrected chi connectivity index (χ3v) is 3.91. The predicted octanol–water partition coefficient (Wildman–Crippen LogP) is 3.51. The minimum Gasteiger partial charge on any atom is -0.490 e. The molecule has 30 heavy (non-hydrogen) atoms. The molecule has 2 aromatic rings. The predicted molar refractivity (Wildman–Crippen MR) is 107 cm³/mol. The van der Waals surface area contributed by atoms with Gasteiger partial charge in [0.2, 0.25) is 5.90 Å². The van der Waals surface area contributed by atoms with Crippen LogP contribution in [0.2, 0.25) is 0 Å². The van der Waals surface area contributed by atoms with Crippen LogP contribution in [0, 0.1) is 5.82 Å². The van der Waals surface area contributed by atoms with Gasteiger partial charge in [0.05, 0.1) is 13.2 Å². The Hall–Kier alpha value is -3.68. The summed E-state index contributed by atoms with van der Waals surface area (Å²) in [4.78, 5) is 27.8. The van der Waals surface area contributed by atoms with Crippen LogP contribution < -0.4 is 9.47 Å². The molecule has 0 aliphatic carbocycles. The first-order chi connectivity index (χ1) is 14.5. The Balaban J connectivity index is 1.82. The maximum atomic E-state index is 13.4. The molecule has 0 saturated heterocycles. The Morgan fingerprint density at radius 3 is 2.67 bits per heavy atom. The van der Waals surface area contributed by atoms with Gasteiger partial charge in [0.1, 0.15) is 5.82 Å². The lowest BCUT2D eigenvalue weighted by atomic mass is 10.1. The van der Waals surface area contributed by atoms with E-state index in [0.29, 0.717) is 29.2 Å². The lowest BCUT2D eigenvalue weighted by Crippen LogP contribution is -2.15. The van der Waals surface area contributed by atoms with E-state index in [0.717, 1.165) is 0 Å². The average molecular weight is 413 g/mol. The van der Waals surface area contributed by atoms with Crippen molar-refractivity contribution in [3.8, 4) is 11.5 Å². The Morgan fingerprint density at radius 1 is 1.10 bits per heavy atom. The lowest BCUT2D eigenvalue weighted by molar-refractivity contribution is -0.145. The molecular weight excluding hydrogens is 393 g/mol. The van der Waals surface area contributed by atoms with Crippen LogP contribution >= 0.6 is 0 Å².